The van der Waals surface area contributed by atoms with Gasteiger partial charge in [-0.25, -0.2) is 0 Å². The van der Waals surface area contributed by atoms with E-state index in [1.807, 2.05) is 18.8 Å². The van der Waals surface area contributed by atoms with E-state index in [-0.39, 0.29) is 24.0 Å². The lowest BCUT2D eigenvalue weighted by Crippen LogP contribution is -2.46. The van der Waals surface area contributed by atoms with Crippen molar-refractivity contribution in [2.24, 2.45) is 12.0 Å². The van der Waals surface area contributed by atoms with Crippen molar-refractivity contribution >= 4 is 29.9 Å². The number of aromatic nitrogens is 2. The van der Waals surface area contributed by atoms with Crippen molar-refractivity contribution in [3.63, 3.8) is 0 Å². The van der Waals surface area contributed by atoms with E-state index in [9.17, 15) is 0 Å². The van der Waals surface area contributed by atoms with Gasteiger partial charge in [0.05, 0.1) is 11.8 Å². The summed E-state index contributed by atoms with van der Waals surface area (Å²) in [5.74, 6) is 0.959. The highest BCUT2D eigenvalue weighted by atomic mass is 127. The molecule has 0 atom stereocenters. The zero-order valence-corrected chi connectivity index (χ0v) is 19.1. The Hall–Kier alpha value is -0.870. The molecule has 1 N–H and O–H groups in total. The molecular formula is C18H34IN5O2. The van der Waals surface area contributed by atoms with Crippen molar-refractivity contribution in [2.45, 2.75) is 45.8 Å². The first-order valence-corrected chi connectivity index (χ1v) is 9.12. The molecule has 1 saturated heterocycles. The van der Waals surface area contributed by atoms with Crippen LogP contribution in [0.3, 0.4) is 0 Å². The molecule has 0 aliphatic carbocycles. The number of rotatable bonds is 7. The summed E-state index contributed by atoms with van der Waals surface area (Å²) in [5, 5.41) is 7.97. The van der Waals surface area contributed by atoms with Gasteiger partial charge >= 0.3 is 0 Å². The van der Waals surface area contributed by atoms with Gasteiger partial charge in [-0.1, -0.05) is 0 Å². The number of guanidine groups is 1. The first-order valence-electron chi connectivity index (χ1n) is 9.12. The number of nitrogens with one attached hydrogen (secondary N) is 1. The summed E-state index contributed by atoms with van der Waals surface area (Å²) >= 11 is 0. The smallest absolute Gasteiger partial charge is 0.193 e. The van der Waals surface area contributed by atoms with Gasteiger partial charge in [-0.2, -0.15) is 5.10 Å². The van der Waals surface area contributed by atoms with E-state index in [4.69, 9.17) is 9.47 Å². The molecule has 7 nitrogen and oxygen atoms in total. The molecule has 150 valence electrons. The summed E-state index contributed by atoms with van der Waals surface area (Å²) in [6, 6.07) is 0. The number of aliphatic imine (C=N–C) groups is 1. The summed E-state index contributed by atoms with van der Waals surface area (Å²) in [6.07, 6.45) is 3.40. The highest BCUT2D eigenvalue weighted by molar-refractivity contribution is 14.0. The average molecular weight is 479 g/mol. The molecule has 1 aromatic heterocycles. The molecule has 0 radical (unpaired) electrons. The van der Waals surface area contributed by atoms with Crippen LogP contribution >= 0.6 is 24.0 Å². The van der Waals surface area contributed by atoms with Crippen LogP contribution in [-0.2, 0) is 23.1 Å². The molecule has 1 aliphatic rings. The van der Waals surface area contributed by atoms with E-state index >= 15 is 0 Å². The number of hydrogen-bond donors (Lipinski definition) is 1. The summed E-state index contributed by atoms with van der Waals surface area (Å²) in [4.78, 5) is 6.77. The number of halogens is 1. The van der Waals surface area contributed by atoms with Crippen LogP contribution in [0.2, 0.25) is 0 Å². The summed E-state index contributed by atoms with van der Waals surface area (Å²) < 4.78 is 12.9. The standard InChI is InChI=1S/C18H33N5O2.HI/c1-14-17(15(2)22(4)21-14)13-20-18(19-3)23-9-7-16(8-10-23)25-12-6-11-24-5;/h16H,6-13H2,1-5H3,(H,19,20);1H. The Morgan fingerprint density at radius 3 is 2.50 bits per heavy atom. The molecule has 1 fully saturated rings. The Labute approximate surface area is 174 Å². The number of piperidine rings is 1. The van der Waals surface area contributed by atoms with Crippen molar-refractivity contribution in [1.29, 1.82) is 0 Å². The summed E-state index contributed by atoms with van der Waals surface area (Å²) in [6.45, 7) is 8.41. The zero-order chi connectivity index (χ0) is 18.2. The van der Waals surface area contributed by atoms with Crippen molar-refractivity contribution in [3.05, 3.63) is 17.0 Å². The lowest BCUT2D eigenvalue weighted by molar-refractivity contribution is 0.00989. The van der Waals surface area contributed by atoms with Crippen LogP contribution in [0.1, 0.15) is 36.2 Å². The minimum atomic E-state index is 0. The second-order valence-corrected chi connectivity index (χ2v) is 6.58. The first-order chi connectivity index (χ1) is 12.1. The number of nitrogens with zero attached hydrogens (tertiary/aromatic N) is 4. The van der Waals surface area contributed by atoms with Gasteiger partial charge in [0.25, 0.3) is 0 Å². The van der Waals surface area contributed by atoms with Crippen LogP contribution in [0, 0.1) is 13.8 Å². The molecule has 0 spiro atoms. The fourth-order valence-corrected chi connectivity index (χ4v) is 3.26. The van der Waals surface area contributed by atoms with Crippen LogP contribution in [0.5, 0.6) is 0 Å². The quantitative estimate of drug-likeness (QED) is 0.281. The maximum Gasteiger partial charge on any atom is 0.193 e. The number of hydrogen-bond acceptors (Lipinski definition) is 4. The van der Waals surface area contributed by atoms with Gasteiger partial charge in [0.2, 0.25) is 0 Å². The third-order valence-corrected chi connectivity index (χ3v) is 4.88. The van der Waals surface area contributed by atoms with Crippen LogP contribution in [0.15, 0.2) is 4.99 Å². The van der Waals surface area contributed by atoms with Crippen molar-refractivity contribution in [1.82, 2.24) is 20.0 Å². The fraction of sp³-hybridized carbons (Fsp3) is 0.778. The van der Waals surface area contributed by atoms with E-state index in [1.54, 1.807) is 7.11 Å². The SMILES string of the molecule is CN=C(NCc1c(C)nn(C)c1C)N1CCC(OCCCOC)CC1.I. The van der Waals surface area contributed by atoms with Crippen LogP contribution < -0.4 is 5.32 Å². The second-order valence-electron chi connectivity index (χ2n) is 6.58. The predicted molar refractivity (Wildman–Crippen MR) is 115 cm³/mol. The third-order valence-electron chi connectivity index (χ3n) is 4.88. The molecule has 1 aromatic rings. The van der Waals surface area contributed by atoms with Gasteiger partial charge < -0.3 is 19.7 Å². The maximum atomic E-state index is 5.93. The largest absolute Gasteiger partial charge is 0.385 e. The topological polar surface area (TPSA) is 63.9 Å². The molecule has 0 amide bonds. The Kier molecular flexibility index (Phi) is 10.5. The highest BCUT2D eigenvalue weighted by Crippen LogP contribution is 2.15. The molecule has 26 heavy (non-hydrogen) atoms. The summed E-state index contributed by atoms with van der Waals surface area (Å²) in [7, 11) is 5.56. The number of ether oxygens (including phenoxy) is 2. The summed E-state index contributed by atoms with van der Waals surface area (Å²) in [5.41, 5.74) is 3.52. The van der Waals surface area contributed by atoms with Gasteiger partial charge in [0, 0.05) is 65.3 Å². The Balaban J connectivity index is 0.00000338. The van der Waals surface area contributed by atoms with E-state index in [0.717, 1.165) is 63.8 Å². The number of aryl methyl sites for hydroxylation is 2. The van der Waals surface area contributed by atoms with Crippen molar-refractivity contribution in [3.8, 4) is 0 Å². The highest BCUT2D eigenvalue weighted by Gasteiger charge is 2.22. The van der Waals surface area contributed by atoms with E-state index < -0.39 is 0 Å². The molecule has 0 bridgehead atoms. The minimum Gasteiger partial charge on any atom is -0.385 e. The van der Waals surface area contributed by atoms with Gasteiger partial charge in [-0.15, -0.1) is 24.0 Å². The molecule has 0 unspecified atom stereocenters. The van der Waals surface area contributed by atoms with Crippen molar-refractivity contribution < 1.29 is 9.47 Å². The molecule has 0 aromatic carbocycles. The molecule has 0 saturated carbocycles. The lowest BCUT2D eigenvalue weighted by Gasteiger charge is -2.34. The fourth-order valence-electron chi connectivity index (χ4n) is 3.26. The first kappa shape index (κ1) is 23.2. The third kappa shape index (κ3) is 6.38. The molecule has 2 heterocycles. The average Bonchev–Trinajstić information content (AvgIpc) is 2.86. The lowest BCUT2D eigenvalue weighted by atomic mass is 10.1. The van der Waals surface area contributed by atoms with E-state index in [1.165, 1.54) is 11.3 Å². The second kappa shape index (κ2) is 11.8. The van der Waals surface area contributed by atoms with Gasteiger partial charge in [0.15, 0.2) is 5.96 Å². The van der Waals surface area contributed by atoms with Crippen LogP contribution in [-0.4, -0.2) is 67.2 Å². The van der Waals surface area contributed by atoms with Crippen LogP contribution in [0.4, 0.5) is 0 Å². The van der Waals surface area contributed by atoms with Crippen molar-refractivity contribution in [2.75, 3.05) is 40.5 Å². The Morgan fingerprint density at radius 1 is 1.27 bits per heavy atom. The predicted octanol–water partition coefficient (Wildman–Crippen LogP) is 2.25. The Morgan fingerprint density at radius 2 is 1.96 bits per heavy atom. The van der Waals surface area contributed by atoms with Gasteiger partial charge in [0.1, 0.15) is 0 Å². The minimum absolute atomic E-state index is 0. The monoisotopic (exact) mass is 479 g/mol. The van der Waals surface area contributed by atoms with E-state index in [2.05, 4.69) is 34.2 Å². The number of methoxy groups -OCH3 is 1. The van der Waals surface area contributed by atoms with Crippen LogP contribution in [0.25, 0.3) is 0 Å². The van der Waals surface area contributed by atoms with E-state index in [0.29, 0.717) is 6.10 Å². The maximum absolute atomic E-state index is 5.93. The number of likely N-dealkylation sites (tertiary alicyclic amines) is 1. The molecular weight excluding hydrogens is 445 g/mol. The Bertz CT molecular complexity index is 568. The zero-order valence-electron chi connectivity index (χ0n) is 16.7. The molecule has 1 aliphatic heterocycles. The molecule has 2 rings (SSSR count). The van der Waals surface area contributed by atoms with Gasteiger partial charge in [-0.05, 0) is 33.1 Å². The molecule has 8 heteroatoms. The van der Waals surface area contributed by atoms with Gasteiger partial charge in [-0.3, -0.25) is 9.67 Å². The normalized spacial score (nSPS) is 15.9.